The summed E-state index contributed by atoms with van der Waals surface area (Å²) in [4.78, 5) is 12.0. The third-order valence-corrected chi connectivity index (χ3v) is 4.06. The Bertz CT molecular complexity index is 673. The Hall–Kier alpha value is -1.83. The SMILES string of the molecule is C=CCn1c(COC)nnc1SCC(=O)Nc1ccc(Cl)cc1. The number of benzene rings is 1. The zero-order valence-electron chi connectivity index (χ0n) is 12.7. The van der Waals surface area contributed by atoms with Crippen molar-refractivity contribution in [2.24, 2.45) is 0 Å². The number of nitrogens with zero attached hydrogens (tertiary/aromatic N) is 3. The smallest absolute Gasteiger partial charge is 0.234 e. The van der Waals surface area contributed by atoms with Gasteiger partial charge in [-0.2, -0.15) is 0 Å². The van der Waals surface area contributed by atoms with Crippen LogP contribution in [0.5, 0.6) is 0 Å². The zero-order valence-corrected chi connectivity index (χ0v) is 14.2. The lowest BCUT2D eigenvalue weighted by molar-refractivity contribution is -0.113. The molecule has 23 heavy (non-hydrogen) atoms. The lowest BCUT2D eigenvalue weighted by Crippen LogP contribution is -2.14. The topological polar surface area (TPSA) is 69.0 Å². The molecule has 0 spiro atoms. The van der Waals surface area contributed by atoms with E-state index in [9.17, 15) is 4.79 Å². The average molecular weight is 353 g/mol. The number of nitrogens with one attached hydrogen (secondary N) is 1. The van der Waals surface area contributed by atoms with Crippen LogP contribution >= 0.6 is 23.4 Å². The van der Waals surface area contributed by atoms with Crippen molar-refractivity contribution in [3.63, 3.8) is 0 Å². The highest BCUT2D eigenvalue weighted by Crippen LogP contribution is 2.19. The number of hydrogen-bond acceptors (Lipinski definition) is 5. The lowest BCUT2D eigenvalue weighted by atomic mass is 10.3. The molecular weight excluding hydrogens is 336 g/mol. The number of amides is 1. The van der Waals surface area contributed by atoms with E-state index < -0.39 is 0 Å². The minimum atomic E-state index is -0.126. The second kappa shape index (κ2) is 8.71. The van der Waals surface area contributed by atoms with E-state index in [0.29, 0.717) is 34.8 Å². The van der Waals surface area contributed by atoms with E-state index in [1.165, 1.54) is 11.8 Å². The second-order valence-corrected chi connectivity index (χ2v) is 5.95. The molecule has 1 heterocycles. The molecule has 1 aromatic carbocycles. The number of hydrogen-bond donors (Lipinski definition) is 1. The fourth-order valence-corrected chi connectivity index (χ4v) is 2.73. The number of rotatable bonds is 8. The predicted molar refractivity (Wildman–Crippen MR) is 91.7 cm³/mol. The number of ether oxygens (including phenoxy) is 1. The monoisotopic (exact) mass is 352 g/mol. The van der Waals surface area contributed by atoms with Crippen molar-refractivity contribution in [3.8, 4) is 0 Å². The van der Waals surface area contributed by atoms with Gasteiger partial charge in [0.1, 0.15) is 6.61 Å². The van der Waals surface area contributed by atoms with Crippen molar-refractivity contribution in [3.05, 3.63) is 47.8 Å². The Morgan fingerprint density at radius 2 is 2.17 bits per heavy atom. The Kier molecular flexibility index (Phi) is 6.64. The number of carbonyl (C=O) groups excluding carboxylic acids is 1. The highest BCUT2D eigenvalue weighted by molar-refractivity contribution is 7.99. The Morgan fingerprint density at radius 3 is 2.83 bits per heavy atom. The summed E-state index contributed by atoms with van der Waals surface area (Å²) in [5.74, 6) is 0.803. The summed E-state index contributed by atoms with van der Waals surface area (Å²) in [6.45, 7) is 4.64. The summed E-state index contributed by atoms with van der Waals surface area (Å²) >= 11 is 7.12. The van der Waals surface area contributed by atoms with Crippen LogP contribution in [0, 0.1) is 0 Å². The average Bonchev–Trinajstić information content (AvgIpc) is 2.91. The molecule has 6 nitrogen and oxygen atoms in total. The van der Waals surface area contributed by atoms with Crippen LogP contribution in [-0.2, 0) is 22.7 Å². The summed E-state index contributed by atoms with van der Waals surface area (Å²) < 4.78 is 6.96. The van der Waals surface area contributed by atoms with Crippen LogP contribution in [0.3, 0.4) is 0 Å². The lowest BCUT2D eigenvalue weighted by Gasteiger charge is -2.07. The van der Waals surface area contributed by atoms with Gasteiger partial charge in [0.2, 0.25) is 5.91 Å². The summed E-state index contributed by atoms with van der Waals surface area (Å²) in [5, 5.41) is 12.2. The third kappa shape index (κ3) is 5.09. The highest BCUT2D eigenvalue weighted by Gasteiger charge is 2.13. The van der Waals surface area contributed by atoms with E-state index >= 15 is 0 Å². The summed E-state index contributed by atoms with van der Waals surface area (Å²) in [6.07, 6.45) is 1.75. The first-order valence-corrected chi connectivity index (χ1v) is 8.20. The quantitative estimate of drug-likeness (QED) is 0.584. The molecule has 0 aliphatic heterocycles. The van der Waals surface area contributed by atoms with Crippen molar-refractivity contribution >= 4 is 35.0 Å². The molecule has 0 saturated heterocycles. The van der Waals surface area contributed by atoms with Gasteiger partial charge in [0.05, 0.1) is 5.75 Å². The van der Waals surface area contributed by atoms with Gasteiger partial charge in [-0.1, -0.05) is 29.4 Å². The molecule has 2 rings (SSSR count). The summed E-state index contributed by atoms with van der Waals surface area (Å²) in [7, 11) is 1.60. The van der Waals surface area contributed by atoms with E-state index in [1.807, 2.05) is 4.57 Å². The Labute approximate surface area is 143 Å². The van der Waals surface area contributed by atoms with Crippen molar-refractivity contribution < 1.29 is 9.53 Å². The molecule has 0 bridgehead atoms. The van der Waals surface area contributed by atoms with Gasteiger partial charge in [-0.15, -0.1) is 16.8 Å². The van der Waals surface area contributed by atoms with Crippen LogP contribution in [0.4, 0.5) is 5.69 Å². The normalized spacial score (nSPS) is 10.5. The minimum Gasteiger partial charge on any atom is -0.377 e. The first-order chi connectivity index (χ1) is 11.1. The van der Waals surface area contributed by atoms with Gasteiger partial charge in [-0.25, -0.2) is 0 Å². The molecule has 0 fully saturated rings. The standard InChI is InChI=1S/C15H17ClN4O2S/c1-3-8-20-13(9-22-2)18-19-15(20)23-10-14(21)17-12-6-4-11(16)5-7-12/h3-7H,1,8-10H2,2H3,(H,17,21). The third-order valence-electron chi connectivity index (χ3n) is 2.84. The molecule has 0 aliphatic carbocycles. The van der Waals surface area contributed by atoms with Crippen LogP contribution < -0.4 is 5.32 Å². The van der Waals surface area contributed by atoms with Gasteiger partial charge >= 0.3 is 0 Å². The Morgan fingerprint density at radius 1 is 1.43 bits per heavy atom. The van der Waals surface area contributed by atoms with Gasteiger partial charge in [0, 0.05) is 24.4 Å². The van der Waals surface area contributed by atoms with Gasteiger partial charge in [-0.05, 0) is 24.3 Å². The van der Waals surface area contributed by atoms with E-state index in [2.05, 4.69) is 22.1 Å². The number of carbonyl (C=O) groups is 1. The first kappa shape index (κ1) is 17.5. The molecule has 122 valence electrons. The van der Waals surface area contributed by atoms with E-state index in [1.54, 1.807) is 37.5 Å². The maximum atomic E-state index is 12.0. The first-order valence-electron chi connectivity index (χ1n) is 6.84. The molecule has 1 aromatic heterocycles. The molecule has 0 saturated carbocycles. The highest BCUT2D eigenvalue weighted by atomic mass is 35.5. The molecule has 0 radical (unpaired) electrons. The van der Waals surface area contributed by atoms with E-state index in [0.717, 1.165) is 0 Å². The largest absolute Gasteiger partial charge is 0.377 e. The predicted octanol–water partition coefficient (Wildman–Crippen LogP) is 2.99. The number of thioether (sulfide) groups is 1. The second-order valence-electron chi connectivity index (χ2n) is 4.57. The number of allylic oxidation sites excluding steroid dienone is 1. The van der Waals surface area contributed by atoms with Gasteiger partial charge < -0.3 is 14.6 Å². The molecule has 0 atom stereocenters. The molecule has 1 N–H and O–H groups in total. The van der Waals surface area contributed by atoms with E-state index in [-0.39, 0.29) is 11.7 Å². The molecule has 0 unspecified atom stereocenters. The molecule has 1 amide bonds. The maximum absolute atomic E-state index is 12.0. The van der Waals surface area contributed by atoms with Crippen LogP contribution in [0.2, 0.25) is 5.02 Å². The minimum absolute atomic E-state index is 0.126. The van der Waals surface area contributed by atoms with Crippen molar-refractivity contribution in [1.82, 2.24) is 14.8 Å². The van der Waals surface area contributed by atoms with Crippen LogP contribution in [0.15, 0.2) is 42.1 Å². The summed E-state index contributed by atoms with van der Waals surface area (Å²) in [5.41, 5.74) is 0.702. The summed E-state index contributed by atoms with van der Waals surface area (Å²) in [6, 6.07) is 6.95. The Balaban J connectivity index is 1.95. The number of methoxy groups -OCH3 is 1. The van der Waals surface area contributed by atoms with E-state index in [4.69, 9.17) is 16.3 Å². The zero-order chi connectivity index (χ0) is 16.7. The molecule has 8 heteroatoms. The fourth-order valence-electron chi connectivity index (χ4n) is 1.83. The number of halogens is 1. The van der Waals surface area contributed by atoms with Crippen molar-refractivity contribution in [1.29, 1.82) is 0 Å². The van der Waals surface area contributed by atoms with Gasteiger partial charge in [-0.3, -0.25) is 4.79 Å². The maximum Gasteiger partial charge on any atom is 0.234 e. The molecule has 0 aliphatic rings. The van der Waals surface area contributed by atoms with Crippen molar-refractivity contribution in [2.75, 3.05) is 18.2 Å². The van der Waals surface area contributed by atoms with Gasteiger partial charge in [0.25, 0.3) is 0 Å². The number of anilines is 1. The number of aromatic nitrogens is 3. The van der Waals surface area contributed by atoms with Gasteiger partial charge in [0.15, 0.2) is 11.0 Å². The fraction of sp³-hybridized carbons (Fsp3) is 0.267. The van der Waals surface area contributed by atoms with Crippen LogP contribution in [-0.4, -0.2) is 33.5 Å². The van der Waals surface area contributed by atoms with Crippen LogP contribution in [0.25, 0.3) is 0 Å². The molecule has 2 aromatic rings. The van der Waals surface area contributed by atoms with Crippen LogP contribution in [0.1, 0.15) is 5.82 Å². The molecular formula is C15H17ClN4O2S. The van der Waals surface area contributed by atoms with Crippen molar-refractivity contribution in [2.45, 2.75) is 18.3 Å².